The molecule has 0 amide bonds. The third kappa shape index (κ3) is 9.71. The van der Waals surface area contributed by atoms with E-state index >= 15 is 0 Å². The summed E-state index contributed by atoms with van der Waals surface area (Å²) in [5.41, 5.74) is 0. The van der Waals surface area contributed by atoms with Gasteiger partial charge in [-0.15, -0.1) is 0 Å². The molecule has 0 aliphatic carbocycles. The van der Waals surface area contributed by atoms with Gasteiger partial charge in [-0.25, -0.2) is 0 Å². The highest BCUT2D eigenvalue weighted by molar-refractivity contribution is 4.89. The summed E-state index contributed by atoms with van der Waals surface area (Å²) in [7, 11) is 0. The quantitative estimate of drug-likeness (QED) is 0.310. The third-order valence-electron chi connectivity index (χ3n) is 4.79. The van der Waals surface area contributed by atoms with Crippen molar-refractivity contribution >= 4 is 0 Å². The van der Waals surface area contributed by atoms with Gasteiger partial charge in [0.1, 0.15) is 24.4 Å². The molecule has 4 atom stereocenters. The highest BCUT2D eigenvalue weighted by Crippen LogP contribution is 2.21. The number of hydrogen-bond acceptors (Lipinski definition) is 5. The lowest BCUT2D eigenvalue weighted by Gasteiger charge is -2.23. The van der Waals surface area contributed by atoms with Gasteiger partial charge in [0, 0.05) is 6.61 Å². The van der Waals surface area contributed by atoms with Crippen LogP contribution in [0.2, 0.25) is 0 Å². The zero-order valence-electron chi connectivity index (χ0n) is 15.8. The van der Waals surface area contributed by atoms with Crippen molar-refractivity contribution in [3.8, 4) is 0 Å². The summed E-state index contributed by atoms with van der Waals surface area (Å²) < 4.78 is 11.0. The molecule has 0 aromatic rings. The molecule has 5 heteroatoms. The minimum Gasteiger partial charge on any atom is -0.394 e. The van der Waals surface area contributed by atoms with Gasteiger partial charge >= 0.3 is 0 Å². The van der Waals surface area contributed by atoms with E-state index in [2.05, 4.69) is 19.1 Å². The second kappa shape index (κ2) is 14.7. The van der Waals surface area contributed by atoms with Gasteiger partial charge in [-0.2, -0.15) is 0 Å². The smallest absolute Gasteiger partial charge is 0.114 e. The van der Waals surface area contributed by atoms with E-state index in [0.717, 1.165) is 12.8 Å². The minimum absolute atomic E-state index is 0.154. The fraction of sp³-hybridized carbons (Fsp3) is 0.900. The number of allylic oxidation sites excluding steroid dienone is 2. The Morgan fingerprint density at radius 1 is 1.04 bits per heavy atom. The normalized spacial score (nSPS) is 25.0. The summed E-state index contributed by atoms with van der Waals surface area (Å²) in [6, 6.07) is 0. The van der Waals surface area contributed by atoms with Crippen molar-refractivity contribution in [2.24, 2.45) is 0 Å². The largest absolute Gasteiger partial charge is 0.394 e. The molecule has 0 bridgehead atoms. The van der Waals surface area contributed by atoms with E-state index in [-0.39, 0.29) is 13.2 Å². The number of aliphatic hydroxyl groups excluding tert-OH is 3. The summed E-state index contributed by atoms with van der Waals surface area (Å²) in [6.45, 7) is 2.41. The summed E-state index contributed by atoms with van der Waals surface area (Å²) in [5.74, 6) is 0. The van der Waals surface area contributed by atoms with E-state index in [1.54, 1.807) is 0 Å². The molecule has 0 unspecified atom stereocenters. The molecule has 148 valence electrons. The van der Waals surface area contributed by atoms with Gasteiger partial charge in [0.05, 0.1) is 13.2 Å². The summed E-state index contributed by atoms with van der Waals surface area (Å²) in [4.78, 5) is 0. The first-order valence-corrected chi connectivity index (χ1v) is 10.0. The summed E-state index contributed by atoms with van der Waals surface area (Å²) in [5, 5.41) is 28.5. The third-order valence-corrected chi connectivity index (χ3v) is 4.79. The number of unbranched alkanes of at least 4 members (excludes halogenated alkanes) is 9. The standard InChI is InChI=1S/C20H38O5/c1-2-3-4-5-6-7-8-9-10-11-12-13-14-24-20-18(23)16-25-19(20)17(22)15-21/h2-3,17-23H,4-16H2,1H3/b3-2+/t17-,18+,19+,20+/m0/s1. The van der Waals surface area contributed by atoms with Crippen LogP contribution >= 0.6 is 0 Å². The van der Waals surface area contributed by atoms with Gasteiger partial charge in [-0.3, -0.25) is 0 Å². The molecule has 0 saturated carbocycles. The Morgan fingerprint density at radius 2 is 1.64 bits per heavy atom. The number of ether oxygens (including phenoxy) is 2. The van der Waals surface area contributed by atoms with E-state index in [0.29, 0.717) is 6.61 Å². The molecule has 1 aliphatic rings. The first kappa shape index (κ1) is 22.6. The number of hydrogen-bond donors (Lipinski definition) is 3. The van der Waals surface area contributed by atoms with Crippen molar-refractivity contribution in [1.29, 1.82) is 0 Å². The molecule has 0 aromatic carbocycles. The number of rotatable bonds is 15. The van der Waals surface area contributed by atoms with E-state index in [4.69, 9.17) is 14.6 Å². The monoisotopic (exact) mass is 358 g/mol. The Balaban J connectivity index is 1.93. The molecule has 0 radical (unpaired) electrons. The predicted molar refractivity (Wildman–Crippen MR) is 99.6 cm³/mol. The van der Waals surface area contributed by atoms with Crippen LogP contribution in [0, 0.1) is 0 Å². The molecule has 1 fully saturated rings. The maximum Gasteiger partial charge on any atom is 0.114 e. The molecule has 25 heavy (non-hydrogen) atoms. The van der Waals surface area contributed by atoms with Gasteiger partial charge in [0.2, 0.25) is 0 Å². The molecule has 3 N–H and O–H groups in total. The molecular weight excluding hydrogens is 320 g/mol. The van der Waals surface area contributed by atoms with E-state index in [1.807, 2.05) is 0 Å². The maximum absolute atomic E-state index is 9.85. The summed E-state index contributed by atoms with van der Waals surface area (Å²) >= 11 is 0. The average molecular weight is 359 g/mol. The van der Waals surface area contributed by atoms with E-state index in [9.17, 15) is 10.2 Å². The van der Waals surface area contributed by atoms with Crippen molar-refractivity contribution in [2.45, 2.75) is 95.5 Å². The number of aliphatic hydroxyl groups is 3. The van der Waals surface area contributed by atoms with Crippen molar-refractivity contribution in [2.75, 3.05) is 19.8 Å². The van der Waals surface area contributed by atoms with Crippen LogP contribution in [-0.2, 0) is 9.47 Å². The first-order chi connectivity index (χ1) is 12.2. The zero-order chi connectivity index (χ0) is 18.3. The van der Waals surface area contributed by atoms with Crippen LogP contribution in [-0.4, -0.2) is 59.6 Å². The average Bonchev–Trinajstić information content (AvgIpc) is 2.99. The Hall–Kier alpha value is -0.460. The van der Waals surface area contributed by atoms with Gasteiger partial charge in [-0.1, -0.05) is 57.1 Å². The molecule has 1 aliphatic heterocycles. The Labute approximate surface area is 153 Å². The molecule has 0 aromatic heterocycles. The van der Waals surface area contributed by atoms with Crippen molar-refractivity contribution in [3.05, 3.63) is 12.2 Å². The Kier molecular flexibility index (Phi) is 13.3. The molecule has 1 saturated heterocycles. The van der Waals surface area contributed by atoms with Crippen molar-refractivity contribution in [3.63, 3.8) is 0 Å². The topological polar surface area (TPSA) is 79.2 Å². The van der Waals surface area contributed by atoms with Gasteiger partial charge in [0.15, 0.2) is 0 Å². The van der Waals surface area contributed by atoms with Crippen LogP contribution in [0.1, 0.15) is 71.1 Å². The highest BCUT2D eigenvalue weighted by Gasteiger charge is 2.40. The fourth-order valence-electron chi connectivity index (χ4n) is 3.25. The van der Waals surface area contributed by atoms with Crippen LogP contribution in [0.5, 0.6) is 0 Å². The molecule has 1 heterocycles. The lowest BCUT2D eigenvalue weighted by molar-refractivity contribution is -0.0938. The van der Waals surface area contributed by atoms with E-state index in [1.165, 1.54) is 51.4 Å². The second-order valence-corrected chi connectivity index (χ2v) is 6.99. The summed E-state index contributed by atoms with van der Waals surface area (Å²) in [6.07, 6.45) is 13.9. The fourth-order valence-corrected chi connectivity index (χ4v) is 3.25. The van der Waals surface area contributed by atoms with Crippen LogP contribution in [0.15, 0.2) is 12.2 Å². The van der Waals surface area contributed by atoms with E-state index < -0.39 is 24.4 Å². The SMILES string of the molecule is C/C=C/CCCCCCCCCCCO[C@H]1[C@@H]([C@@H](O)CO)OC[C@H]1O. The van der Waals surface area contributed by atoms with Crippen molar-refractivity contribution in [1.82, 2.24) is 0 Å². The van der Waals surface area contributed by atoms with Crippen LogP contribution < -0.4 is 0 Å². The van der Waals surface area contributed by atoms with Crippen LogP contribution in [0.3, 0.4) is 0 Å². The zero-order valence-corrected chi connectivity index (χ0v) is 15.8. The first-order valence-electron chi connectivity index (χ1n) is 10.0. The van der Waals surface area contributed by atoms with Crippen molar-refractivity contribution < 1.29 is 24.8 Å². The van der Waals surface area contributed by atoms with Crippen LogP contribution in [0.4, 0.5) is 0 Å². The molecule has 5 nitrogen and oxygen atoms in total. The predicted octanol–water partition coefficient (Wildman–Crippen LogP) is 2.96. The Morgan fingerprint density at radius 3 is 2.24 bits per heavy atom. The van der Waals surface area contributed by atoms with Gasteiger partial charge in [0.25, 0.3) is 0 Å². The molecule has 1 rings (SSSR count). The second-order valence-electron chi connectivity index (χ2n) is 6.99. The minimum atomic E-state index is -1.000. The molecule has 0 spiro atoms. The lowest BCUT2D eigenvalue weighted by Crippen LogP contribution is -2.42. The van der Waals surface area contributed by atoms with Gasteiger partial charge < -0.3 is 24.8 Å². The van der Waals surface area contributed by atoms with Crippen LogP contribution in [0.25, 0.3) is 0 Å². The maximum atomic E-state index is 9.85. The Bertz CT molecular complexity index is 334. The highest BCUT2D eigenvalue weighted by atomic mass is 16.6. The van der Waals surface area contributed by atoms with Gasteiger partial charge in [-0.05, 0) is 26.2 Å². The lowest BCUT2D eigenvalue weighted by atomic mass is 10.1. The molecular formula is C20H38O5.